The number of nitrogens with zero attached hydrogens (tertiary/aromatic N) is 1. The van der Waals surface area contributed by atoms with E-state index >= 15 is 0 Å². The van der Waals surface area contributed by atoms with Gasteiger partial charge < -0.3 is 23.8 Å². The molecule has 9 nitrogen and oxygen atoms in total. The molecule has 1 amide bonds. The standard InChI is InChI=1S/C37H35NO8/c1-23(2)32-17-8-24(3)18-34(32)45-29-15-11-28(12-16-29)38-21-27(20-35(38)40)36(41)44-22-33(39)25-9-13-30(14-10-25)46-37(42)26-6-5-7-31(19-26)43-4/h5-19,23,27H,20-22H2,1-4H3/t27-/m1/s1. The molecule has 46 heavy (non-hydrogen) atoms. The lowest BCUT2D eigenvalue weighted by Crippen LogP contribution is -2.27. The van der Waals surface area contributed by atoms with Crippen molar-refractivity contribution in [2.45, 2.75) is 33.1 Å². The first kappa shape index (κ1) is 32.0. The number of esters is 2. The topological polar surface area (TPSA) is 108 Å². The molecule has 4 aromatic carbocycles. The van der Waals surface area contributed by atoms with Gasteiger partial charge in [0.25, 0.3) is 0 Å². The molecule has 1 saturated heterocycles. The summed E-state index contributed by atoms with van der Waals surface area (Å²) in [5, 5.41) is 0. The summed E-state index contributed by atoms with van der Waals surface area (Å²) in [4.78, 5) is 52.2. The average Bonchev–Trinajstić information content (AvgIpc) is 3.45. The molecule has 1 fully saturated rings. The van der Waals surface area contributed by atoms with Crippen molar-refractivity contribution in [3.8, 4) is 23.0 Å². The Bertz CT molecular complexity index is 1740. The van der Waals surface area contributed by atoms with E-state index in [9.17, 15) is 19.2 Å². The summed E-state index contributed by atoms with van der Waals surface area (Å²) >= 11 is 0. The third kappa shape index (κ3) is 7.61. The molecular weight excluding hydrogens is 586 g/mol. The van der Waals surface area contributed by atoms with E-state index in [-0.39, 0.29) is 30.2 Å². The molecule has 0 unspecified atom stereocenters. The third-order valence-electron chi connectivity index (χ3n) is 7.66. The first-order chi connectivity index (χ1) is 22.1. The zero-order valence-corrected chi connectivity index (χ0v) is 26.1. The predicted molar refractivity (Wildman–Crippen MR) is 172 cm³/mol. The number of rotatable bonds is 11. The lowest BCUT2D eigenvalue weighted by Gasteiger charge is -2.18. The van der Waals surface area contributed by atoms with Gasteiger partial charge in [0.05, 0.1) is 18.6 Å². The molecule has 236 valence electrons. The number of anilines is 1. The fraction of sp³-hybridized carbons (Fsp3) is 0.243. The Morgan fingerprint density at radius 3 is 2.26 bits per heavy atom. The second-order valence-electron chi connectivity index (χ2n) is 11.4. The highest BCUT2D eigenvalue weighted by Crippen LogP contribution is 2.33. The molecule has 0 bridgehead atoms. The molecule has 9 heteroatoms. The van der Waals surface area contributed by atoms with E-state index in [4.69, 9.17) is 18.9 Å². The molecule has 1 aliphatic rings. The van der Waals surface area contributed by atoms with E-state index in [1.807, 2.05) is 13.0 Å². The van der Waals surface area contributed by atoms with Gasteiger partial charge in [0.15, 0.2) is 12.4 Å². The summed E-state index contributed by atoms with van der Waals surface area (Å²) in [5.74, 6) is -0.0114. The highest BCUT2D eigenvalue weighted by Gasteiger charge is 2.36. The Hall–Kier alpha value is -5.44. The Morgan fingerprint density at radius 1 is 0.848 bits per heavy atom. The van der Waals surface area contributed by atoms with Crippen molar-refractivity contribution in [1.82, 2.24) is 0 Å². The van der Waals surface area contributed by atoms with Crippen LogP contribution in [-0.4, -0.2) is 43.9 Å². The second-order valence-corrected chi connectivity index (χ2v) is 11.4. The van der Waals surface area contributed by atoms with E-state index < -0.39 is 30.2 Å². The number of methoxy groups -OCH3 is 1. The highest BCUT2D eigenvalue weighted by molar-refractivity contribution is 6.01. The van der Waals surface area contributed by atoms with Gasteiger partial charge in [-0.25, -0.2) is 4.79 Å². The summed E-state index contributed by atoms with van der Waals surface area (Å²) in [7, 11) is 1.50. The van der Waals surface area contributed by atoms with Gasteiger partial charge in [-0.1, -0.05) is 32.0 Å². The van der Waals surface area contributed by atoms with Crippen LogP contribution in [0.15, 0.2) is 91.0 Å². The number of carbonyl (C=O) groups is 4. The highest BCUT2D eigenvalue weighted by atomic mass is 16.5. The molecule has 0 aliphatic carbocycles. The van der Waals surface area contributed by atoms with Crippen molar-refractivity contribution in [3.63, 3.8) is 0 Å². The number of hydrogen-bond acceptors (Lipinski definition) is 8. The number of benzene rings is 4. The number of Topliss-reactive ketones (excluding diaryl/α,β-unsaturated/α-hetero) is 1. The number of hydrogen-bond donors (Lipinski definition) is 0. The van der Waals surface area contributed by atoms with Crippen LogP contribution < -0.4 is 19.1 Å². The number of ketones is 1. The Balaban J connectivity index is 1.12. The lowest BCUT2D eigenvalue weighted by atomic mass is 10.0. The van der Waals surface area contributed by atoms with E-state index in [0.29, 0.717) is 28.7 Å². The number of carbonyl (C=O) groups excluding carboxylic acids is 4. The quantitative estimate of drug-likeness (QED) is 0.101. The SMILES string of the molecule is COc1cccc(C(=O)Oc2ccc(C(=O)COC(=O)[C@@H]3CC(=O)N(c4ccc(Oc5cc(C)ccc5C(C)C)cc4)C3)cc2)c1. The van der Waals surface area contributed by atoms with E-state index in [2.05, 4.69) is 26.0 Å². The summed E-state index contributed by atoms with van der Waals surface area (Å²) < 4.78 is 22.0. The first-order valence-corrected chi connectivity index (χ1v) is 15.0. The van der Waals surface area contributed by atoms with Crippen LogP contribution in [0, 0.1) is 12.8 Å². The van der Waals surface area contributed by atoms with Gasteiger partial charge in [0.2, 0.25) is 5.91 Å². The average molecular weight is 622 g/mol. The Morgan fingerprint density at radius 2 is 1.57 bits per heavy atom. The van der Waals surface area contributed by atoms with Gasteiger partial charge in [-0.15, -0.1) is 0 Å². The molecule has 0 radical (unpaired) electrons. The fourth-order valence-corrected chi connectivity index (χ4v) is 5.11. The van der Waals surface area contributed by atoms with Crippen LogP contribution >= 0.6 is 0 Å². The van der Waals surface area contributed by atoms with E-state index in [1.165, 1.54) is 36.3 Å². The van der Waals surface area contributed by atoms with Crippen LogP contribution in [0.2, 0.25) is 0 Å². The van der Waals surface area contributed by atoms with Crippen molar-refractivity contribution in [2.24, 2.45) is 5.92 Å². The van der Waals surface area contributed by atoms with Gasteiger partial charge >= 0.3 is 11.9 Å². The Kier molecular flexibility index (Phi) is 9.81. The minimum Gasteiger partial charge on any atom is -0.497 e. The first-order valence-electron chi connectivity index (χ1n) is 15.0. The van der Waals surface area contributed by atoms with Crippen molar-refractivity contribution in [3.05, 3.63) is 113 Å². The minimum absolute atomic E-state index is 0.0142. The van der Waals surface area contributed by atoms with E-state index in [1.54, 1.807) is 48.5 Å². The van der Waals surface area contributed by atoms with Crippen molar-refractivity contribution < 1.29 is 38.1 Å². The molecule has 0 saturated carbocycles. The second kappa shape index (κ2) is 14.1. The van der Waals surface area contributed by atoms with Crippen LogP contribution in [0.3, 0.4) is 0 Å². The molecule has 4 aromatic rings. The van der Waals surface area contributed by atoms with Crippen molar-refractivity contribution in [2.75, 3.05) is 25.2 Å². The van der Waals surface area contributed by atoms with E-state index in [0.717, 1.165) is 16.9 Å². The van der Waals surface area contributed by atoms with Crippen LogP contribution in [-0.2, 0) is 14.3 Å². The smallest absolute Gasteiger partial charge is 0.343 e. The third-order valence-corrected chi connectivity index (χ3v) is 7.66. The predicted octanol–water partition coefficient (Wildman–Crippen LogP) is 6.92. The number of aryl methyl sites for hydroxylation is 1. The zero-order chi connectivity index (χ0) is 32.8. The summed E-state index contributed by atoms with van der Waals surface area (Å²) in [6.45, 7) is 5.91. The van der Waals surface area contributed by atoms with Crippen LogP contribution in [0.4, 0.5) is 5.69 Å². The van der Waals surface area contributed by atoms with Crippen LogP contribution in [0.1, 0.15) is 58.0 Å². The fourth-order valence-electron chi connectivity index (χ4n) is 5.11. The van der Waals surface area contributed by atoms with Crippen molar-refractivity contribution in [1.29, 1.82) is 0 Å². The van der Waals surface area contributed by atoms with Gasteiger partial charge in [-0.2, -0.15) is 0 Å². The number of ether oxygens (including phenoxy) is 4. The number of amides is 1. The Labute approximate surface area is 267 Å². The van der Waals surface area contributed by atoms with Crippen LogP contribution in [0.5, 0.6) is 23.0 Å². The molecule has 0 aromatic heterocycles. The van der Waals surface area contributed by atoms with Crippen molar-refractivity contribution >= 4 is 29.3 Å². The van der Waals surface area contributed by atoms with Gasteiger partial charge in [-0.05, 0) is 96.8 Å². The largest absolute Gasteiger partial charge is 0.497 e. The summed E-state index contributed by atoms with van der Waals surface area (Å²) in [6, 6.07) is 25.8. The maximum atomic E-state index is 12.8. The molecular formula is C37H35NO8. The maximum Gasteiger partial charge on any atom is 0.343 e. The van der Waals surface area contributed by atoms with Crippen LogP contribution in [0.25, 0.3) is 0 Å². The summed E-state index contributed by atoms with van der Waals surface area (Å²) in [5.41, 5.74) is 3.45. The molecule has 1 heterocycles. The molecule has 1 atom stereocenters. The lowest BCUT2D eigenvalue weighted by molar-refractivity contribution is -0.147. The minimum atomic E-state index is -0.699. The molecule has 0 spiro atoms. The van der Waals surface area contributed by atoms with Gasteiger partial charge in [0.1, 0.15) is 23.0 Å². The summed E-state index contributed by atoms with van der Waals surface area (Å²) in [6.07, 6.45) is -0.0142. The van der Waals surface area contributed by atoms with Gasteiger partial charge in [0, 0.05) is 24.2 Å². The monoisotopic (exact) mass is 621 g/mol. The molecule has 5 rings (SSSR count). The maximum absolute atomic E-state index is 12.8. The van der Waals surface area contributed by atoms with Gasteiger partial charge in [-0.3, -0.25) is 14.4 Å². The molecule has 0 N–H and O–H groups in total. The normalized spacial score (nSPS) is 14.2. The zero-order valence-electron chi connectivity index (χ0n) is 26.1. The molecule has 1 aliphatic heterocycles.